The van der Waals surface area contributed by atoms with Gasteiger partial charge in [-0.1, -0.05) is 35.9 Å². The van der Waals surface area contributed by atoms with E-state index >= 15 is 0 Å². The van der Waals surface area contributed by atoms with Gasteiger partial charge >= 0.3 is 11.9 Å². The van der Waals surface area contributed by atoms with Crippen molar-refractivity contribution in [3.63, 3.8) is 0 Å². The molecule has 2 aromatic carbocycles. The number of benzene rings is 2. The lowest BCUT2D eigenvalue weighted by molar-refractivity contribution is -0.143. The molecule has 0 bridgehead atoms. The van der Waals surface area contributed by atoms with Gasteiger partial charge in [0.25, 0.3) is 10.0 Å². The number of carbonyl (C=O) groups is 2. The summed E-state index contributed by atoms with van der Waals surface area (Å²) in [6.07, 6.45) is -0.443. The Morgan fingerprint density at radius 2 is 1.45 bits per heavy atom. The van der Waals surface area contributed by atoms with E-state index in [2.05, 4.69) is 0 Å². The van der Waals surface area contributed by atoms with Gasteiger partial charge in [-0.15, -0.1) is 0 Å². The molecular formula is C23H25NO6S. The minimum atomic E-state index is -4.04. The number of carbonyl (C=O) groups excluding carboxylic acids is 2. The molecule has 3 aromatic rings. The van der Waals surface area contributed by atoms with Crippen molar-refractivity contribution in [1.29, 1.82) is 0 Å². The molecule has 0 aliphatic rings. The van der Waals surface area contributed by atoms with Gasteiger partial charge in [0.05, 0.1) is 42.2 Å². The van der Waals surface area contributed by atoms with E-state index in [1.54, 1.807) is 50.2 Å². The van der Waals surface area contributed by atoms with E-state index in [-0.39, 0.29) is 36.6 Å². The lowest BCUT2D eigenvalue weighted by Gasteiger charge is -2.13. The number of aryl methyl sites for hydroxylation is 1. The predicted molar refractivity (Wildman–Crippen MR) is 116 cm³/mol. The van der Waals surface area contributed by atoms with Crippen LogP contribution in [-0.4, -0.2) is 37.5 Å². The highest BCUT2D eigenvalue weighted by molar-refractivity contribution is 7.90. The van der Waals surface area contributed by atoms with Crippen LogP contribution >= 0.6 is 0 Å². The molecule has 0 saturated carbocycles. The first-order valence-corrected chi connectivity index (χ1v) is 11.5. The molecule has 0 radical (unpaired) electrons. The third-order valence-electron chi connectivity index (χ3n) is 4.84. The molecule has 1 aromatic heterocycles. The molecule has 8 heteroatoms. The Morgan fingerprint density at radius 3 is 2.06 bits per heavy atom. The number of rotatable bonds is 8. The van der Waals surface area contributed by atoms with Crippen molar-refractivity contribution in [3.05, 3.63) is 65.4 Å². The van der Waals surface area contributed by atoms with Gasteiger partial charge in [-0.25, -0.2) is 12.4 Å². The van der Waals surface area contributed by atoms with Crippen molar-refractivity contribution in [2.75, 3.05) is 13.2 Å². The predicted octanol–water partition coefficient (Wildman–Crippen LogP) is 3.40. The molecule has 0 fully saturated rings. The molecule has 0 saturated heterocycles. The molecule has 0 spiro atoms. The van der Waals surface area contributed by atoms with Crippen molar-refractivity contribution in [2.24, 2.45) is 0 Å². The second kappa shape index (κ2) is 9.34. The Kier molecular flexibility index (Phi) is 6.80. The summed E-state index contributed by atoms with van der Waals surface area (Å²) in [4.78, 5) is 24.7. The third-order valence-corrected chi connectivity index (χ3v) is 6.61. The Morgan fingerprint density at radius 1 is 0.871 bits per heavy atom. The van der Waals surface area contributed by atoms with E-state index in [0.717, 1.165) is 9.54 Å². The zero-order chi connectivity index (χ0) is 22.6. The zero-order valence-corrected chi connectivity index (χ0v) is 18.6. The summed E-state index contributed by atoms with van der Waals surface area (Å²) >= 11 is 0. The molecule has 1 heterocycles. The fourth-order valence-corrected chi connectivity index (χ4v) is 5.07. The van der Waals surface area contributed by atoms with Crippen LogP contribution in [0, 0.1) is 6.92 Å². The van der Waals surface area contributed by atoms with E-state index in [1.807, 2.05) is 6.92 Å². The van der Waals surface area contributed by atoms with Crippen molar-refractivity contribution in [2.45, 2.75) is 38.5 Å². The Balaban J connectivity index is 2.29. The van der Waals surface area contributed by atoms with E-state index in [0.29, 0.717) is 16.5 Å². The molecule has 0 aliphatic carbocycles. The summed E-state index contributed by atoms with van der Waals surface area (Å²) in [6, 6.07) is 13.3. The first-order chi connectivity index (χ1) is 14.8. The Bertz CT molecular complexity index is 1210. The normalized spacial score (nSPS) is 11.5. The quantitative estimate of drug-likeness (QED) is 0.496. The van der Waals surface area contributed by atoms with Crippen LogP contribution in [0.2, 0.25) is 0 Å². The van der Waals surface area contributed by atoms with Crippen LogP contribution in [0.3, 0.4) is 0 Å². The second-order valence-electron chi connectivity index (χ2n) is 6.99. The monoisotopic (exact) mass is 443 g/mol. The molecule has 0 N–H and O–H groups in total. The number of ether oxygens (including phenoxy) is 2. The summed E-state index contributed by atoms with van der Waals surface area (Å²) in [5.74, 6) is -1.07. The largest absolute Gasteiger partial charge is 0.466 e. The lowest BCUT2D eigenvalue weighted by Crippen LogP contribution is -2.20. The maximum atomic E-state index is 13.6. The molecule has 164 valence electrons. The molecule has 0 aliphatic heterocycles. The standard InChI is InChI=1S/C23H25NO6S/c1-4-29-22(25)14-19-18-8-6-7-9-20(18)24(21(19)15-23(26)30-5-2)31(27,28)17-12-10-16(3)11-13-17/h6-13H,4-5,14-15H2,1-3H3. The van der Waals surface area contributed by atoms with Crippen LogP contribution in [0.4, 0.5) is 0 Å². The van der Waals surface area contributed by atoms with Crippen LogP contribution in [-0.2, 0) is 41.9 Å². The molecule has 3 rings (SSSR count). The van der Waals surface area contributed by atoms with Gasteiger partial charge in [-0.2, -0.15) is 0 Å². The summed E-state index contributed by atoms with van der Waals surface area (Å²) in [7, 11) is -4.04. The number of aromatic nitrogens is 1. The fraction of sp³-hybridized carbons (Fsp3) is 0.304. The van der Waals surface area contributed by atoms with Crippen molar-refractivity contribution in [1.82, 2.24) is 3.97 Å². The topological polar surface area (TPSA) is 91.7 Å². The molecule has 0 atom stereocenters. The first kappa shape index (κ1) is 22.6. The van der Waals surface area contributed by atoms with Crippen LogP contribution < -0.4 is 0 Å². The van der Waals surface area contributed by atoms with Gasteiger partial charge in [0.1, 0.15) is 0 Å². The van der Waals surface area contributed by atoms with E-state index in [1.165, 1.54) is 12.1 Å². The summed E-state index contributed by atoms with van der Waals surface area (Å²) in [5.41, 5.74) is 1.96. The SMILES string of the molecule is CCOC(=O)Cc1c(CC(=O)OCC)n(S(=O)(=O)c2ccc(C)cc2)c2ccccc12. The van der Waals surface area contributed by atoms with E-state index in [4.69, 9.17) is 9.47 Å². The number of fused-ring (bicyclic) bond motifs is 1. The van der Waals surface area contributed by atoms with Gasteiger partial charge in [0.15, 0.2) is 0 Å². The molecule has 31 heavy (non-hydrogen) atoms. The maximum absolute atomic E-state index is 13.6. The summed E-state index contributed by atoms with van der Waals surface area (Å²) in [5, 5.41) is 0.575. The summed E-state index contributed by atoms with van der Waals surface area (Å²) in [6.45, 7) is 5.60. The lowest BCUT2D eigenvalue weighted by atomic mass is 10.1. The number of nitrogens with zero attached hydrogens (tertiary/aromatic N) is 1. The third kappa shape index (κ3) is 4.64. The maximum Gasteiger partial charge on any atom is 0.311 e. The van der Waals surface area contributed by atoms with Crippen LogP contribution in [0.1, 0.15) is 30.7 Å². The van der Waals surface area contributed by atoms with Gasteiger partial charge in [-0.3, -0.25) is 9.59 Å². The highest BCUT2D eigenvalue weighted by Crippen LogP contribution is 2.32. The van der Waals surface area contributed by atoms with Crippen molar-refractivity contribution < 1.29 is 27.5 Å². The van der Waals surface area contributed by atoms with Crippen molar-refractivity contribution >= 4 is 32.9 Å². The molecule has 0 amide bonds. The number of esters is 2. The zero-order valence-electron chi connectivity index (χ0n) is 17.8. The van der Waals surface area contributed by atoms with Gasteiger partial charge in [-0.05, 0) is 44.5 Å². The highest BCUT2D eigenvalue weighted by atomic mass is 32.2. The average molecular weight is 444 g/mol. The Hall–Kier alpha value is -3.13. The molecular weight excluding hydrogens is 418 g/mol. The van der Waals surface area contributed by atoms with Gasteiger partial charge < -0.3 is 9.47 Å². The Labute approximate surface area is 181 Å². The minimum absolute atomic E-state index is 0.0895. The highest BCUT2D eigenvalue weighted by Gasteiger charge is 2.29. The smallest absolute Gasteiger partial charge is 0.311 e. The number of para-hydroxylation sites is 1. The van der Waals surface area contributed by atoms with E-state index in [9.17, 15) is 18.0 Å². The first-order valence-electron chi connectivity index (χ1n) is 10.0. The number of hydrogen-bond acceptors (Lipinski definition) is 6. The average Bonchev–Trinajstić information content (AvgIpc) is 3.02. The second-order valence-corrected chi connectivity index (χ2v) is 8.78. The molecule has 7 nitrogen and oxygen atoms in total. The summed E-state index contributed by atoms with van der Waals surface area (Å²) < 4.78 is 38.6. The van der Waals surface area contributed by atoms with Crippen LogP contribution in [0.15, 0.2) is 53.4 Å². The van der Waals surface area contributed by atoms with Gasteiger partial charge in [0, 0.05) is 5.39 Å². The van der Waals surface area contributed by atoms with E-state index < -0.39 is 22.0 Å². The fourth-order valence-electron chi connectivity index (χ4n) is 3.50. The van der Waals surface area contributed by atoms with Crippen LogP contribution in [0.5, 0.6) is 0 Å². The number of hydrogen-bond donors (Lipinski definition) is 0. The van der Waals surface area contributed by atoms with Gasteiger partial charge in [0.2, 0.25) is 0 Å². The minimum Gasteiger partial charge on any atom is -0.466 e. The molecule has 0 unspecified atom stereocenters. The van der Waals surface area contributed by atoms with Crippen molar-refractivity contribution in [3.8, 4) is 0 Å². The van der Waals surface area contributed by atoms with Crippen LogP contribution in [0.25, 0.3) is 10.9 Å².